The highest BCUT2D eigenvalue weighted by atomic mass is 16.4. The van der Waals surface area contributed by atoms with E-state index in [-0.39, 0.29) is 30.0 Å². The molecule has 8 nitrogen and oxygen atoms in total. The van der Waals surface area contributed by atoms with E-state index in [0.29, 0.717) is 17.5 Å². The van der Waals surface area contributed by atoms with Gasteiger partial charge in [0.25, 0.3) is 0 Å². The Morgan fingerprint density at radius 2 is 1.94 bits per heavy atom. The number of carboxylic acid groups (broad SMARTS) is 1. The minimum absolute atomic E-state index is 0.000310. The number of nitrogens with one attached hydrogen (secondary N) is 1. The standard InChI is InChI=1S/C10H13N3O5/c1-6-9(11-10(17)13(6)12-18)7(14)4-2-3-5-8(15)16/h2-5H2,1H3,(H,11,17)(H,15,16). The number of imidazole rings is 1. The number of aromatic amines is 1. The van der Waals surface area contributed by atoms with E-state index in [0.717, 1.165) is 0 Å². The molecule has 1 heterocycles. The smallest absolute Gasteiger partial charge is 0.349 e. The number of aromatic nitrogens is 2. The number of unbranched alkanes of at least 4 members (excludes halogenated alkanes) is 1. The van der Waals surface area contributed by atoms with Crippen molar-refractivity contribution in [1.82, 2.24) is 9.66 Å². The molecule has 0 saturated carbocycles. The van der Waals surface area contributed by atoms with Gasteiger partial charge in [-0.15, -0.1) is 9.58 Å². The van der Waals surface area contributed by atoms with Crippen LogP contribution in [0.2, 0.25) is 0 Å². The third kappa shape index (κ3) is 3.12. The van der Waals surface area contributed by atoms with Crippen molar-refractivity contribution in [1.29, 1.82) is 0 Å². The van der Waals surface area contributed by atoms with E-state index < -0.39 is 11.7 Å². The van der Waals surface area contributed by atoms with Crippen LogP contribution < -0.4 is 5.69 Å². The van der Waals surface area contributed by atoms with Crippen LogP contribution in [-0.4, -0.2) is 26.5 Å². The summed E-state index contributed by atoms with van der Waals surface area (Å²) < 4.78 is 0.574. The van der Waals surface area contributed by atoms with Crippen molar-refractivity contribution in [3.05, 3.63) is 26.8 Å². The van der Waals surface area contributed by atoms with E-state index in [4.69, 9.17) is 5.11 Å². The van der Waals surface area contributed by atoms with Gasteiger partial charge in [-0.1, -0.05) is 0 Å². The topological polar surface area (TPSA) is 122 Å². The minimum atomic E-state index is -0.914. The zero-order chi connectivity index (χ0) is 13.7. The molecule has 2 N–H and O–H groups in total. The molecule has 0 fully saturated rings. The third-order valence-electron chi connectivity index (χ3n) is 2.51. The molecule has 0 unspecified atom stereocenters. The zero-order valence-corrected chi connectivity index (χ0v) is 9.80. The normalized spacial score (nSPS) is 10.3. The SMILES string of the molecule is Cc1c(C(=O)CCCCC(=O)O)[nH]c(=O)n1N=O. The van der Waals surface area contributed by atoms with Gasteiger partial charge in [-0.25, -0.2) is 4.79 Å². The molecule has 1 rings (SSSR count). The largest absolute Gasteiger partial charge is 0.481 e. The molecular weight excluding hydrogens is 242 g/mol. The second-order valence-electron chi connectivity index (χ2n) is 3.81. The number of nitroso groups, excluding NO2 is 1. The molecule has 0 aliphatic rings. The van der Waals surface area contributed by atoms with E-state index in [2.05, 4.69) is 10.3 Å². The highest BCUT2D eigenvalue weighted by molar-refractivity contribution is 5.95. The lowest BCUT2D eigenvalue weighted by Gasteiger charge is -1.99. The molecule has 1 aromatic heterocycles. The Bertz CT molecular complexity index is 528. The lowest BCUT2D eigenvalue weighted by molar-refractivity contribution is -0.137. The van der Waals surface area contributed by atoms with Crippen LogP contribution in [0.1, 0.15) is 41.9 Å². The molecule has 8 heteroatoms. The molecule has 0 aliphatic carbocycles. The fraction of sp³-hybridized carbons (Fsp3) is 0.500. The summed E-state index contributed by atoms with van der Waals surface area (Å²) in [6.45, 7) is 1.43. The Balaban J connectivity index is 2.65. The van der Waals surface area contributed by atoms with Crippen LogP contribution in [-0.2, 0) is 4.79 Å². The van der Waals surface area contributed by atoms with Crippen molar-refractivity contribution in [2.75, 3.05) is 0 Å². The Labute approximate surface area is 102 Å². The molecule has 18 heavy (non-hydrogen) atoms. The number of nitrogens with zero attached hydrogens (tertiary/aromatic N) is 2. The first-order valence-corrected chi connectivity index (χ1v) is 5.37. The zero-order valence-electron chi connectivity index (χ0n) is 9.80. The maximum Gasteiger partial charge on any atom is 0.349 e. The predicted molar refractivity (Wildman–Crippen MR) is 61.4 cm³/mol. The highest BCUT2D eigenvalue weighted by Gasteiger charge is 2.16. The molecule has 0 radical (unpaired) electrons. The first-order chi connectivity index (χ1) is 8.47. The van der Waals surface area contributed by atoms with E-state index >= 15 is 0 Å². The Hall–Kier alpha value is -2.25. The van der Waals surface area contributed by atoms with Gasteiger partial charge in [0.15, 0.2) is 5.78 Å². The van der Waals surface area contributed by atoms with Crippen LogP contribution in [0.5, 0.6) is 0 Å². The Morgan fingerprint density at radius 3 is 2.44 bits per heavy atom. The number of hydrogen-bond acceptors (Lipinski definition) is 5. The average molecular weight is 255 g/mol. The van der Waals surface area contributed by atoms with Crippen LogP contribution in [0.4, 0.5) is 0 Å². The van der Waals surface area contributed by atoms with Crippen molar-refractivity contribution in [3.8, 4) is 0 Å². The summed E-state index contributed by atoms with van der Waals surface area (Å²) in [5, 5.41) is 10.9. The average Bonchev–Trinajstić information content (AvgIpc) is 2.59. The van der Waals surface area contributed by atoms with Gasteiger partial charge in [0.2, 0.25) is 0 Å². The van der Waals surface area contributed by atoms with Gasteiger partial charge < -0.3 is 10.1 Å². The van der Waals surface area contributed by atoms with Gasteiger partial charge in [-0.3, -0.25) is 9.59 Å². The van der Waals surface area contributed by atoms with E-state index in [1.807, 2.05) is 0 Å². The van der Waals surface area contributed by atoms with Crippen LogP contribution >= 0.6 is 0 Å². The van der Waals surface area contributed by atoms with Crippen LogP contribution in [0.25, 0.3) is 0 Å². The minimum Gasteiger partial charge on any atom is -0.481 e. The monoisotopic (exact) mass is 255 g/mol. The number of Topliss-reactive ketones (excluding diaryl/α,β-unsaturated/α-hetero) is 1. The first kappa shape index (κ1) is 13.8. The number of carbonyl (C=O) groups excluding carboxylic acids is 1. The molecule has 0 spiro atoms. The van der Waals surface area contributed by atoms with Crippen molar-refractivity contribution in [2.24, 2.45) is 5.29 Å². The number of rotatable bonds is 7. The van der Waals surface area contributed by atoms with Gasteiger partial charge >= 0.3 is 11.7 Å². The third-order valence-corrected chi connectivity index (χ3v) is 2.51. The fourth-order valence-electron chi connectivity index (χ4n) is 1.57. The van der Waals surface area contributed by atoms with E-state index in [1.165, 1.54) is 6.92 Å². The van der Waals surface area contributed by atoms with Gasteiger partial charge in [0.1, 0.15) is 5.69 Å². The maximum absolute atomic E-state index is 11.7. The molecule has 0 atom stereocenters. The second-order valence-corrected chi connectivity index (χ2v) is 3.81. The first-order valence-electron chi connectivity index (χ1n) is 5.37. The van der Waals surface area contributed by atoms with Gasteiger partial charge in [0, 0.05) is 12.8 Å². The number of hydrogen-bond donors (Lipinski definition) is 2. The van der Waals surface area contributed by atoms with Gasteiger partial charge in [-0.05, 0) is 19.8 Å². The molecule has 98 valence electrons. The molecule has 1 aromatic rings. The molecular formula is C10H13N3O5. The lowest BCUT2D eigenvalue weighted by Crippen LogP contribution is -2.12. The number of carboxylic acids is 1. The van der Waals surface area contributed by atoms with Gasteiger partial charge in [-0.2, -0.15) is 0 Å². The molecule has 0 amide bonds. The van der Waals surface area contributed by atoms with Crippen molar-refractivity contribution in [2.45, 2.75) is 32.6 Å². The van der Waals surface area contributed by atoms with Crippen LogP contribution in [0, 0.1) is 11.8 Å². The Morgan fingerprint density at radius 1 is 1.33 bits per heavy atom. The van der Waals surface area contributed by atoms with Gasteiger partial charge in [0.05, 0.1) is 11.0 Å². The maximum atomic E-state index is 11.7. The quantitative estimate of drug-likeness (QED) is 0.424. The van der Waals surface area contributed by atoms with Crippen molar-refractivity contribution < 1.29 is 14.7 Å². The highest BCUT2D eigenvalue weighted by Crippen LogP contribution is 2.09. The summed E-state index contributed by atoms with van der Waals surface area (Å²) in [5.74, 6) is -1.25. The van der Waals surface area contributed by atoms with E-state index in [9.17, 15) is 19.3 Å². The molecule has 0 aliphatic heterocycles. The fourth-order valence-corrected chi connectivity index (χ4v) is 1.57. The lowest BCUT2D eigenvalue weighted by atomic mass is 10.1. The molecule has 0 saturated heterocycles. The Kier molecular flexibility index (Phi) is 4.52. The van der Waals surface area contributed by atoms with Crippen LogP contribution in [0.3, 0.4) is 0 Å². The number of H-pyrrole nitrogens is 1. The molecule has 0 aromatic carbocycles. The summed E-state index contributed by atoms with van der Waals surface area (Å²) >= 11 is 0. The second kappa shape index (κ2) is 5.89. The predicted octanol–water partition coefficient (Wildman–Crippen LogP) is 0.842. The summed E-state index contributed by atoms with van der Waals surface area (Å²) in [5.41, 5.74) is -0.537. The number of aliphatic carboxylic acids is 1. The molecule has 0 bridgehead atoms. The summed E-state index contributed by atoms with van der Waals surface area (Å²) in [4.78, 5) is 45.8. The summed E-state index contributed by atoms with van der Waals surface area (Å²) in [6.07, 6.45) is 0.913. The summed E-state index contributed by atoms with van der Waals surface area (Å²) in [6, 6.07) is 0. The number of ketones is 1. The van der Waals surface area contributed by atoms with E-state index in [1.54, 1.807) is 0 Å². The number of carbonyl (C=O) groups is 2. The van der Waals surface area contributed by atoms with Crippen LogP contribution in [0.15, 0.2) is 10.1 Å². The van der Waals surface area contributed by atoms with Crippen molar-refractivity contribution in [3.63, 3.8) is 0 Å². The summed E-state index contributed by atoms with van der Waals surface area (Å²) in [7, 11) is 0. The van der Waals surface area contributed by atoms with Crippen molar-refractivity contribution >= 4 is 11.8 Å².